The number of carbonyl (C=O) groups excluding carboxylic acids is 1. The molecule has 0 aromatic carbocycles. The van der Waals surface area contributed by atoms with Crippen molar-refractivity contribution in [1.29, 1.82) is 0 Å². The van der Waals surface area contributed by atoms with Crippen LogP contribution in [0, 0.1) is 5.92 Å². The van der Waals surface area contributed by atoms with Gasteiger partial charge in [-0.25, -0.2) is 0 Å². The van der Waals surface area contributed by atoms with E-state index in [0.29, 0.717) is 13.0 Å². The summed E-state index contributed by atoms with van der Waals surface area (Å²) < 4.78 is 0. The fourth-order valence-corrected chi connectivity index (χ4v) is 1.50. The molecule has 0 saturated carbocycles. The average Bonchev–Trinajstić information content (AvgIpc) is 2.29. The van der Waals surface area contributed by atoms with Crippen LogP contribution in [-0.2, 0) is 14.4 Å². The summed E-state index contributed by atoms with van der Waals surface area (Å²) in [6.45, 7) is 3.69. The summed E-state index contributed by atoms with van der Waals surface area (Å²) in [5.41, 5.74) is 0. The Bertz CT molecular complexity index is 228. The predicted molar refractivity (Wildman–Crippen MR) is 43.7 cm³/mol. The maximum absolute atomic E-state index is 10.7. The third-order valence-electron chi connectivity index (χ3n) is 2.00. The number of nitrogens with zero attached hydrogens (tertiary/aromatic N) is 1. The van der Waals surface area contributed by atoms with E-state index in [2.05, 4.69) is 0 Å². The molecule has 0 spiro atoms. The van der Waals surface area contributed by atoms with Gasteiger partial charge in [-0.1, -0.05) is 6.92 Å². The monoisotopic (exact) mass is 187 g/mol. The lowest BCUT2D eigenvalue weighted by molar-refractivity contribution is -0.197. The Morgan fingerprint density at radius 1 is 1.54 bits per heavy atom. The van der Waals surface area contributed by atoms with Crippen LogP contribution in [-0.4, -0.2) is 34.7 Å². The third kappa shape index (κ3) is 2.42. The summed E-state index contributed by atoms with van der Waals surface area (Å²) in [6.07, 6.45) is 0.530. The molecule has 1 heterocycles. The normalized spacial score (nSPS) is 28.8. The molecule has 0 bridgehead atoms. The van der Waals surface area contributed by atoms with Crippen molar-refractivity contribution in [2.75, 3.05) is 6.54 Å². The summed E-state index contributed by atoms with van der Waals surface area (Å²) in [5.74, 6) is -1.16. The highest BCUT2D eigenvalue weighted by atomic mass is 16.7. The van der Waals surface area contributed by atoms with Crippen molar-refractivity contribution < 1.29 is 19.5 Å². The first-order valence-electron chi connectivity index (χ1n) is 4.18. The summed E-state index contributed by atoms with van der Waals surface area (Å²) in [7, 11) is 0. The van der Waals surface area contributed by atoms with Crippen molar-refractivity contribution in [1.82, 2.24) is 5.06 Å². The van der Waals surface area contributed by atoms with E-state index in [1.807, 2.05) is 6.92 Å². The maximum Gasteiger partial charge on any atom is 0.324 e. The Kier molecular flexibility index (Phi) is 2.87. The van der Waals surface area contributed by atoms with Gasteiger partial charge in [0.05, 0.1) is 0 Å². The van der Waals surface area contributed by atoms with Crippen LogP contribution in [0.1, 0.15) is 20.3 Å². The number of rotatable bonds is 2. The molecule has 0 aromatic heterocycles. The van der Waals surface area contributed by atoms with Crippen LogP contribution in [0.5, 0.6) is 0 Å². The minimum Gasteiger partial charge on any atom is -0.480 e. The minimum absolute atomic E-state index is 0.250. The molecule has 1 saturated heterocycles. The van der Waals surface area contributed by atoms with E-state index in [1.165, 1.54) is 12.0 Å². The summed E-state index contributed by atoms with van der Waals surface area (Å²) in [4.78, 5) is 26.1. The maximum atomic E-state index is 10.7. The molecule has 1 rings (SSSR count). The van der Waals surface area contributed by atoms with E-state index in [1.54, 1.807) is 0 Å². The lowest BCUT2D eigenvalue weighted by atomic mass is 10.1. The van der Waals surface area contributed by atoms with Crippen LogP contribution in [0.3, 0.4) is 0 Å². The van der Waals surface area contributed by atoms with E-state index in [0.717, 1.165) is 0 Å². The van der Waals surface area contributed by atoms with E-state index in [-0.39, 0.29) is 5.92 Å². The summed E-state index contributed by atoms with van der Waals surface area (Å²) in [5, 5.41) is 10.0. The van der Waals surface area contributed by atoms with Crippen molar-refractivity contribution in [3.05, 3.63) is 0 Å². The quantitative estimate of drug-likeness (QED) is 0.671. The van der Waals surface area contributed by atoms with E-state index >= 15 is 0 Å². The van der Waals surface area contributed by atoms with Crippen LogP contribution in [0.4, 0.5) is 0 Å². The van der Waals surface area contributed by atoms with Gasteiger partial charge in [-0.2, -0.15) is 0 Å². The topological polar surface area (TPSA) is 66.8 Å². The molecule has 2 atom stereocenters. The fraction of sp³-hybridized carbons (Fsp3) is 0.750. The second kappa shape index (κ2) is 3.74. The van der Waals surface area contributed by atoms with E-state index < -0.39 is 18.0 Å². The summed E-state index contributed by atoms with van der Waals surface area (Å²) >= 11 is 0. The number of hydroxylamine groups is 2. The van der Waals surface area contributed by atoms with Crippen LogP contribution in [0.15, 0.2) is 0 Å². The zero-order valence-corrected chi connectivity index (χ0v) is 7.69. The molecular formula is C8H13NO4. The van der Waals surface area contributed by atoms with Crippen LogP contribution < -0.4 is 0 Å². The van der Waals surface area contributed by atoms with Crippen LogP contribution in [0.25, 0.3) is 0 Å². The SMILES string of the molecule is CC(=O)ON1CC(C)C[C@H]1C(=O)O. The first-order chi connectivity index (χ1) is 6.00. The molecule has 0 radical (unpaired) electrons. The average molecular weight is 187 g/mol. The molecule has 0 amide bonds. The van der Waals surface area contributed by atoms with Gasteiger partial charge in [0.15, 0.2) is 0 Å². The van der Waals surface area contributed by atoms with Gasteiger partial charge in [-0.05, 0) is 12.3 Å². The minimum atomic E-state index is -0.939. The molecule has 1 aliphatic rings. The van der Waals surface area contributed by atoms with Crippen molar-refractivity contribution >= 4 is 11.9 Å². The number of hydrogen-bond donors (Lipinski definition) is 1. The predicted octanol–water partition coefficient (Wildman–Crippen LogP) is 0.260. The molecule has 1 N–H and O–H groups in total. The highest BCUT2D eigenvalue weighted by molar-refractivity contribution is 5.74. The number of carboxylic acids is 1. The lowest BCUT2D eigenvalue weighted by Crippen LogP contribution is -2.37. The second-order valence-electron chi connectivity index (χ2n) is 3.38. The standard InChI is InChI=1S/C8H13NO4/c1-5-3-7(8(11)12)9(4-5)13-6(2)10/h5,7H,3-4H2,1-2H3,(H,11,12)/t5?,7-/m0/s1. The first-order valence-corrected chi connectivity index (χ1v) is 4.18. The second-order valence-corrected chi connectivity index (χ2v) is 3.38. The molecule has 5 nitrogen and oxygen atoms in total. The summed E-state index contributed by atoms with van der Waals surface area (Å²) in [6, 6.07) is -0.682. The van der Waals surface area contributed by atoms with Crippen LogP contribution >= 0.6 is 0 Å². The van der Waals surface area contributed by atoms with Gasteiger partial charge in [0, 0.05) is 13.5 Å². The van der Waals surface area contributed by atoms with Crippen molar-refractivity contribution in [2.45, 2.75) is 26.3 Å². The molecule has 74 valence electrons. The van der Waals surface area contributed by atoms with Crippen LogP contribution in [0.2, 0.25) is 0 Å². The van der Waals surface area contributed by atoms with Gasteiger partial charge in [0.25, 0.3) is 0 Å². The van der Waals surface area contributed by atoms with Gasteiger partial charge in [0.2, 0.25) is 0 Å². The zero-order chi connectivity index (χ0) is 10.0. The Labute approximate surface area is 76.2 Å². The molecule has 1 aliphatic heterocycles. The Balaban J connectivity index is 2.60. The number of carbonyl (C=O) groups is 2. The lowest BCUT2D eigenvalue weighted by Gasteiger charge is -2.18. The number of aliphatic carboxylic acids is 1. The molecule has 13 heavy (non-hydrogen) atoms. The van der Waals surface area contributed by atoms with Gasteiger partial charge in [-0.15, -0.1) is 5.06 Å². The van der Waals surface area contributed by atoms with Gasteiger partial charge in [0.1, 0.15) is 6.04 Å². The fourth-order valence-electron chi connectivity index (χ4n) is 1.50. The van der Waals surface area contributed by atoms with Crippen molar-refractivity contribution in [3.8, 4) is 0 Å². The third-order valence-corrected chi connectivity index (χ3v) is 2.00. The molecule has 0 aromatic rings. The van der Waals surface area contributed by atoms with Crippen molar-refractivity contribution in [2.24, 2.45) is 5.92 Å². The highest BCUT2D eigenvalue weighted by Gasteiger charge is 2.37. The number of hydrogen-bond acceptors (Lipinski definition) is 4. The Morgan fingerprint density at radius 2 is 2.15 bits per heavy atom. The van der Waals surface area contributed by atoms with Gasteiger partial charge < -0.3 is 9.94 Å². The molecule has 0 aliphatic carbocycles. The first kappa shape index (κ1) is 9.98. The molecular weight excluding hydrogens is 174 g/mol. The zero-order valence-electron chi connectivity index (χ0n) is 7.69. The van der Waals surface area contributed by atoms with Gasteiger partial charge >= 0.3 is 11.9 Å². The van der Waals surface area contributed by atoms with E-state index in [9.17, 15) is 9.59 Å². The number of carboxylic acid groups (broad SMARTS) is 1. The van der Waals surface area contributed by atoms with Crippen molar-refractivity contribution in [3.63, 3.8) is 0 Å². The smallest absolute Gasteiger partial charge is 0.324 e. The van der Waals surface area contributed by atoms with Gasteiger partial charge in [-0.3, -0.25) is 9.59 Å². The van der Waals surface area contributed by atoms with E-state index in [4.69, 9.17) is 9.94 Å². The highest BCUT2D eigenvalue weighted by Crippen LogP contribution is 2.22. The molecule has 1 unspecified atom stereocenters. The molecule has 5 heteroatoms. The largest absolute Gasteiger partial charge is 0.480 e. The molecule has 1 fully saturated rings. The Hall–Kier alpha value is -1.10. The Morgan fingerprint density at radius 3 is 2.62 bits per heavy atom.